The molecular formula is C14H27N3. The fraction of sp³-hybridized carbons (Fsp3) is 1.00. The topological polar surface area (TPSA) is 18.5 Å². The summed E-state index contributed by atoms with van der Waals surface area (Å²) in [5.74, 6) is 0.930. The molecule has 3 saturated heterocycles. The fourth-order valence-electron chi connectivity index (χ4n) is 4.23. The molecule has 3 heterocycles. The van der Waals surface area contributed by atoms with E-state index in [1.807, 2.05) is 0 Å². The molecule has 4 rings (SSSR count). The summed E-state index contributed by atoms with van der Waals surface area (Å²) in [7, 11) is 2.18. The fourth-order valence-corrected chi connectivity index (χ4v) is 4.23. The van der Waals surface area contributed by atoms with Gasteiger partial charge in [-0.25, -0.2) is 0 Å². The van der Waals surface area contributed by atoms with Crippen LogP contribution in [0.1, 0.15) is 32.1 Å². The molecule has 0 radical (unpaired) electrons. The molecule has 0 aromatic heterocycles. The third kappa shape index (κ3) is 2.38. The molecule has 0 aromatic rings. The van der Waals surface area contributed by atoms with Crippen molar-refractivity contribution in [1.82, 2.24) is 15.1 Å². The third-order valence-electron chi connectivity index (χ3n) is 5.23. The van der Waals surface area contributed by atoms with Gasteiger partial charge in [-0.3, -0.25) is 9.80 Å². The smallest absolute Gasteiger partial charge is 0.0380 e. The maximum atomic E-state index is 3.66. The monoisotopic (exact) mass is 237 g/mol. The molecule has 0 amide bonds. The molecule has 3 nitrogen and oxygen atoms in total. The molecule has 2 atom stereocenters. The molecule has 1 aliphatic carbocycles. The highest BCUT2D eigenvalue weighted by molar-refractivity contribution is 4.97. The first-order chi connectivity index (χ1) is 8.38. The molecule has 4 aliphatic rings. The summed E-state index contributed by atoms with van der Waals surface area (Å²) in [6, 6.07) is 1.52. The third-order valence-corrected chi connectivity index (χ3v) is 5.23. The predicted molar refractivity (Wildman–Crippen MR) is 71.2 cm³/mol. The predicted octanol–water partition coefficient (Wildman–Crippen LogP) is 1.15. The van der Waals surface area contributed by atoms with E-state index in [9.17, 15) is 0 Å². The van der Waals surface area contributed by atoms with Crippen LogP contribution in [0.2, 0.25) is 0 Å². The maximum absolute atomic E-state index is 3.66. The average molecular weight is 237 g/mol. The van der Waals surface area contributed by atoms with Gasteiger partial charge in [-0.15, -0.1) is 0 Å². The lowest BCUT2D eigenvalue weighted by molar-refractivity contribution is -0.0150. The van der Waals surface area contributed by atoms with Gasteiger partial charge in [-0.2, -0.15) is 0 Å². The van der Waals surface area contributed by atoms with E-state index in [2.05, 4.69) is 22.2 Å². The summed E-state index contributed by atoms with van der Waals surface area (Å²) in [4.78, 5) is 5.41. The largest absolute Gasteiger partial charge is 0.315 e. The standard InChI is InChI=1S/C14H27N3/c1-15-14(12-5-3-2-4-6-12)13-11-16-7-9-17(13)10-8-16/h12-15H,2-11H2,1H3. The molecule has 1 N–H and O–H groups in total. The first-order valence-corrected chi connectivity index (χ1v) is 7.52. The van der Waals surface area contributed by atoms with Gasteiger partial charge in [0, 0.05) is 44.8 Å². The second kappa shape index (κ2) is 5.25. The van der Waals surface area contributed by atoms with Crippen LogP contribution in [0.3, 0.4) is 0 Å². The Hall–Kier alpha value is -0.120. The van der Waals surface area contributed by atoms with E-state index in [1.54, 1.807) is 0 Å². The van der Waals surface area contributed by atoms with E-state index >= 15 is 0 Å². The summed E-state index contributed by atoms with van der Waals surface area (Å²) in [6.07, 6.45) is 7.29. The van der Waals surface area contributed by atoms with Crippen LogP contribution in [0.5, 0.6) is 0 Å². The number of fused-ring (bicyclic) bond motifs is 3. The van der Waals surface area contributed by atoms with Gasteiger partial charge < -0.3 is 5.32 Å². The number of piperazine rings is 3. The number of hydrogen-bond donors (Lipinski definition) is 1. The van der Waals surface area contributed by atoms with Crippen LogP contribution in [0.15, 0.2) is 0 Å². The van der Waals surface area contributed by atoms with Crippen LogP contribution >= 0.6 is 0 Å². The molecule has 4 fully saturated rings. The zero-order chi connectivity index (χ0) is 11.7. The van der Waals surface area contributed by atoms with Crippen molar-refractivity contribution in [2.45, 2.75) is 44.2 Å². The summed E-state index contributed by atoms with van der Waals surface area (Å²) >= 11 is 0. The van der Waals surface area contributed by atoms with Crippen molar-refractivity contribution in [3.05, 3.63) is 0 Å². The molecule has 1 saturated carbocycles. The Morgan fingerprint density at radius 2 is 1.71 bits per heavy atom. The number of likely N-dealkylation sites (N-methyl/N-ethyl adjacent to an activating group) is 1. The average Bonchev–Trinajstić information content (AvgIpc) is 2.42. The van der Waals surface area contributed by atoms with Crippen molar-refractivity contribution in [2.24, 2.45) is 5.92 Å². The van der Waals surface area contributed by atoms with Crippen molar-refractivity contribution < 1.29 is 0 Å². The van der Waals surface area contributed by atoms with Crippen molar-refractivity contribution in [3.8, 4) is 0 Å². The van der Waals surface area contributed by atoms with Crippen LogP contribution in [0.4, 0.5) is 0 Å². The maximum Gasteiger partial charge on any atom is 0.0380 e. The zero-order valence-electron chi connectivity index (χ0n) is 11.2. The molecule has 3 heteroatoms. The van der Waals surface area contributed by atoms with Gasteiger partial charge in [0.2, 0.25) is 0 Å². The number of nitrogens with one attached hydrogen (secondary N) is 1. The normalized spacial score (nSPS) is 40.4. The molecule has 0 spiro atoms. The lowest BCUT2D eigenvalue weighted by atomic mass is 9.79. The highest BCUT2D eigenvalue weighted by atomic mass is 15.4. The van der Waals surface area contributed by atoms with E-state index in [-0.39, 0.29) is 0 Å². The first-order valence-electron chi connectivity index (χ1n) is 7.52. The minimum atomic E-state index is 0.735. The van der Waals surface area contributed by atoms with Gasteiger partial charge in [-0.1, -0.05) is 19.3 Å². The van der Waals surface area contributed by atoms with Crippen LogP contribution in [-0.2, 0) is 0 Å². The molecular weight excluding hydrogens is 210 g/mol. The summed E-state index contributed by atoms with van der Waals surface area (Å²) in [6.45, 7) is 6.52. The minimum Gasteiger partial charge on any atom is -0.315 e. The number of hydrogen-bond acceptors (Lipinski definition) is 3. The Bertz CT molecular complexity index is 242. The van der Waals surface area contributed by atoms with Gasteiger partial charge >= 0.3 is 0 Å². The van der Waals surface area contributed by atoms with Crippen LogP contribution in [-0.4, -0.2) is 61.7 Å². The highest BCUT2D eigenvalue weighted by Crippen LogP contribution is 2.31. The van der Waals surface area contributed by atoms with Gasteiger partial charge in [0.05, 0.1) is 0 Å². The number of rotatable bonds is 3. The van der Waals surface area contributed by atoms with Crippen LogP contribution in [0.25, 0.3) is 0 Å². The summed E-state index contributed by atoms with van der Waals surface area (Å²) in [5.41, 5.74) is 0. The zero-order valence-corrected chi connectivity index (χ0v) is 11.2. The Morgan fingerprint density at radius 1 is 1.00 bits per heavy atom. The lowest BCUT2D eigenvalue weighted by Gasteiger charge is -2.52. The Morgan fingerprint density at radius 3 is 2.24 bits per heavy atom. The number of nitrogens with zero attached hydrogens (tertiary/aromatic N) is 2. The second-order valence-corrected chi connectivity index (χ2v) is 6.12. The van der Waals surface area contributed by atoms with E-state index in [1.165, 1.54) is 64.8 Å². The van der Waals surface area contributed by atoms with Crippen molar-refractivity contribution in [1.29, 1.82) is 0 Å². The summed E-state index contributed by atoms with van der Waals surface area (Å²) < 4.78 is 0. The minimum absolute atomic E-state index is 0.735. The molecule has 98 valence electrons. The Balaban J connectivity index is 1.67. The Kier molecular flexibility index (Phi) is 3.69. The van der Waals surface area contributed by atoms with Crippen LogP contribution in [0, 0.1) is 5.92 Å². The van der Waals surface area contributed by atoms with Crippen molar-refractivity contribution in [3.63, 3.8) is 0 Å². The van der Waals surface area contributed by atoms with E-state index in [0.717, 1.165) is 18.0 Å². The first kappa shape index (κ1) is 11.9. The van der Waals surface area contributed by atoms with Gasteiger partial charge in [0.25, 0.3) is 0 Å². The van der Waals surface area contributed by atoms with Gasteiger partial charge in [0.15, 0.2) is 0 Å². The lowest BCUT2D eigenvalue weighted by Crippen LogP contribution is -2.67. The van der Waals surface area contributed by atoms with E-state index in [0.29, 0.717) is 0 Å². The molecule has 2 bridgehead atoms. The van der Waals surface area contributed by atoms with Crippen LogP contribution < -0.4 is 5.32 Å². The van der Waals surface area contributed by atoms with Gasteiger partial charge in [0.1, 0.15) is 0 Å². The SMILES string of the molecule is CNC(C1CCCCC1)C1CN2CCN1CC2. The molecule has 0 aromatic carbocycles. The summed E-state index contributed by atoms with van der Waals surface area (Å²) in [5, 5.41) is 3.66. The van der Waals surface area contributed by atoms with Gasteiger partial charge in [-0.05, 0) is 25.8 Å². The van der Waals surface area contributed by atoms with Crippen molar-refractivity contribution >= 4 is 0 Å². The quantitative estimate of drug-likeness (QED) is 0.794. The Labute approximate surface area is 106 Å². The molecule has 2 unspecified atom stereocenters. The molecule has 3 aliphatic heterocycles. The molecule has 17 heavy (non-hydrogen) atoms. The van der Waals surface area contributed by atoms with E-state index < -0.39 is 0 Å². The highest BCUT2D eigenvalue weighted by Gasteiger charge is 2.39. The van der Waals surface area contributed by atoms with E-state index in [4.69, 9.17) is 0 Å². The second-order valence-electron chi connectivity index (χ2n) is 6.12. The van der Waals surface area contributed by atoms with Crippen molar-refractivity contribution in [2.75, 3.05) is 39.8 Å².